The second-order valence-corrected chi connectivity index (χ2v) is 6.96. The Balaban J connectivity index is 1.81. The van der Waals surface area contributed by atoms with Crippen LogP contribution in [0.5, 0.6) is 0 Å². The molecule has 0 bridgehead atoms. The van der Waals surface area contributed by atoms with Crippen LogP contribution in [0, 0.1) is 5.82 Å². The van der Waals surface area contributed by atoms with E-state index in [1.165, 1.54) is 16.7 Å². The summed E-state index contributed by atoms with van der Waals surface area (Å²) in [5.41, 5.74) is 0.390. The normalized spacial score (nSPS) is 10.7. The van der Waals surface area contributed by atoms with Crippen molar-refractivity contribution in [2.75, 3.05) is 11.1 Å². The number of anilines is 1. The van der Waals surface area contributed by atoms with E-state index in [2.05, 4.69) is 16.9 Å². The number of benzene rings is 2. The Labute approximate surface area is 163 Å². The van der Waals surface area contributed by atoms with Crippen molar-refractivity contribution in [2.24, 2.45) is 0 Å². The third-order valence-corrected chi connectivity index (χ3v) is 4.89. The Morgan fingerprint density at radius 3 is 2.85 bits per heavy atom. The Morgan fingerprint density at radius 1 is 1.33 bits per heavy atom. The number of para-hydroxylation sites is 1. The van der Waals surface area contributed by atoms with Gasteiger partial charge in [0.05, 0.1) is 22.3 Å². The minimum absolute atomic E-state index is 0.0377. The molecular weight excluding hydrogens is 389 g/mol. The second kappa shape index (κ2) is 8.37. The number of allylic oxidation sites excluding steroid dienone is 1. The lowest BCUT2D eigenvalue weighted by Gasteiger charge is -2.11. The van der Waals surface area contributed by atoms with Crippen LogP contribution in [-0.4, -0.2) is 21.2 Å². The largest absolute Gasteiger partial charge is 0.323 e. The summed E-state index contributed by atoms with van der Waals surface area (Å²) in [6.45, 7) is 3.93. The molecule has 27 heavy (non-hydrogen) atoms. The van der Waals surface area contributed by atoms with Crippen LogP contribution in [-0.2, 0) is 11.3 Å². The number of rotatable bonds is 6. The van der Waals surface area contributed by atoms with Crippen LogP contribution < -0.4 is 10.9 Å². The maximum atomic E-state index is 13.8. The number of fused-ring (bicyclic) bond motifs is 1. The molecule has 0 aliphatic rings. The van der Waals surface area contributed by atoms with Crippen molar-refractivity contribution < 1.29 is 9.18 Å². The Kier molecular flexibility index (Phi) is 5.93. The monoisotopic (exact) mass is 403 g/mol. The zero-order chi connectivity index (χ0) is 19.4. The summed E-state index contributed by atoms with van der Waals surface area (Å²) in [7, 11) is 0. The zero-order valence-corrected chi connectivity index (χ0v) is 15.7. The number of aromatic nitrogens is 2. The summed E-state index contributed by atoms with van der Waals surface area (Å²) < 4.78 is 15.2. The highest BCUT2D eigenvalue weighted by atomic mass is 35.5. The molecule has 0 spiro atoms. The lowest BCUT2D eigenvalue weighted by molar-refractivity contribution is -0.113. The smallest absolute Gasteiger partial charge is 0.262 e. The molecule has 5 nitrogen and oxygen atoms in total. The second-order valence-electron chi connectivity index (χ2n) is 5.58. The third kappa shape index (κ3) is 4.37. The number of hydrogen-bond acceptors (Lipinski definition) is 4. The highest BCUT2D eigenvalue weighted by molar-refractivity contribution is 7.99. The van der Waals surface area contributed by atoms with E-state index in [1.807, 2.05) is 0 Å². The molecule has 1 aromatic heterocycles. The third-order valence-electron chi connectivity index (χ3n) is 3.68. The van der Waals surface area contributed by atoms with Crippen molar-refractivity contribution >= 4 is 45.9 Å². The molecule has 1 heterocycles. The van der Waals surface area contributed by atoms with Gasteiger partial charge in [0.2, 0.25) is 5.91 Å². The molecular formula is C19H15ClFN3O2S. The first-order valence-electron chi connectivity index (χ1n) is 7.98. The predicted molar refractivity (Wildman–Crippen MR) is 107 cm³/mol. The fourth-order valence-corrected chi connectivity index (χ4v) is 3.42. The summed E-state index contributed by atoms with van der Waals surface area (Å²) in [6.07, 6.45) is 1.59. The molecule has 2 aromatic carbocycles. The van der Waals surface area contributed by atoms with Crippen LogP contribution >= 0.6 is 23.4 Å². The van der Waals surface area contributed by atoms with Crippen LogP contribution in [0.1, 0.15) is 0 Å². The van der Waals surface area contributed by atoms with Gasteiger partial charge < -0.3 is 5.32 Å². The van der Waals surface area contributed by atoms with Crippen molar-refractivity contribution in [1.29, 1.82) is 0 Å². The van der Waals surface area contributed by atoms with Gasteiger partial charge in [0.1, 0.15) is 5.82 Å². The lowest BCUT2D eigenvalue weighted by atomic mass is 10.2. The fourth-order valence-electron chi connectivity index (χ4n) is 2.46. The predicted octanol–water partition coefficient (Wildman–Crippen LogP) is 4.11. The molecule has 138 valence electrons. The van der Waals surface area contributed by atoms with Gasteiger partial charge in [-0.1, -0.05) is 41.6 Å². The first kappa shape index (κ1) is 19.1. The van der Waals surface area contributed by atoms with Gasteiger partial charge in [0, 0.05) is 11.6 Å². The molecule has 8 heteroatoms. The molecule has 0 unspecified atom stereocenters. The van der Waals surface area contributed by atoms with E-state index < -0.39 is 11.7 Å². The highest BCUT2D eigenvalue weighted by Crippen LogP contribution is 2.21. The summed E-state index contributed by atoms with van der Waals surface area (Å²) in [5.74, 6) is -1.08. The topological polar surface area (TPSA) is 64.0 Å². The molecule has 0 aliphatic carbocycles. The van der Waals surface area contributed by atoms with Crippen molar-refractivity contribution in [3.63, 3.8) is 0 Å². The van der Waals surface area contributed by atoms with Gasteiger partial charge >= 0.3 is 0 Å². The number of nitrogens with one attached hydrogen (secondary N) is 1. The van der Waals surface area contributed by atoms with Crippen LogP contribution in [0.2, 0.25) is 5.02 Å². The lowest BCUT2D eigenvalue weighted by Crippen LogP contribution is -2.23. The van der Waals surface area contributed by atoms with Crippen molar-refractivity contribution in [1.82, 2.24) is 9.55 Å². The van der Waals surface area contributed by atoms with Gasteiger partial charge in [-0.25, -0.2) is 9.37 Å². The first-order chi connectivity index (χ1) is 13.0. The van der Waals surface area contributed by atoms with E-state index in [4.69, 9.17) is 11.6 Å². The van der Waals surface area contributed by atoms with Gasteiger partial charge in [-0.15, -0.1) is 6.58 Å². The molecule has 3 aromatic rings. The van der Waals surface area contributed by atoms with E-state index in [9.17, 15) is 14.0 Å². The van der Waals surface area contributed by atoms with Crippen LogP contribution in [0.3, 0.4) is 0 Å². The summed E-state index contributed by atoms with van der Waals surface area (Å²) in [5, 5.41) is 3.62. The number of carbonyl (C=O) groups excluding carboxylic acids is 1. The maximum Gasteiger partial charge on any atom is 0.262 e. The van der Waals surface area contributed by atoms with Gasteiger partial charge in [0.15, 0.2) is 5.16 Å². The fraction of sp³-hybridized carbons (Fsp3) is 0.105. The number of halogens is 2. The summed E-state index contributed by atoms with van der Waals surface area (Å²) >= 11 is 6.79. The number of nitrogens with zero attached hydrogens (tertiary/aromatic N) is 2. The van der Waals surface area contributed by atoms with E-state index in [0.717, 1.165) is 17.8 Å². The Bertz CT molecular complexity index is 1080. The molecule has 1 amide bonds. The summed E-state index contributed by atoms with van der Waals surface area (Å²) in [4.78, 5) is 29.3. The van der Waals surface area contributed by atoms with Crippen LogP contribution in [0.15, 0.2) is 65.1 Å². The molecule has 0 saturated heterocycles. The van der Waals surface area contributed by atoms with Crippen molar-refractivity contribution in [2.45, 2.75) is 11.7 Å². The molecule has 3 rings (SSSR count). The number of hydrogen-bond donors (Lipinski definition) is 1. The van der Waals surface area contributed by atoms with Crippen molar-refractivity contribution in [3.8, 4) is 0 Å². The molecule has 0 fully saturated rings. The summed E-state index contributed by atoms with van der Waals surface area (Å²) in [6, 6.07) is 11.0. The van der Waals surface area contributed by atoms with Crippen molar-refractivity contribution in [3.05, 3.63) is 76.3 Å². The zero-order valence-electron chi connectivity index (χ0n) is 14.1. The first-order valence-corrected chi connectivity index (χ1v) is 9.34. The van der Waals surface area contributed by atoms with Gasteiger partial charge in [-0.3, -0.25) is 14.2 Å². The SMILES string of the molecule is C=CCn1c(SCC(=O)Nc2ccc(Cl)cc2F)nc2ccccc2c1=O. The standard InChI is InChI=1S/C19H15ClFN3O2S/c1-2-9-24-18(26)13-5-3-4-6-15(13)23-19(24)27-11-17(25)22-16-8-7-12(20)10-14(16)21/h2-8,10H,1,9,11H2,(H,22,25). The molecule has 1 N–H and O–H groups in total. The number of amides is 1. The highest BCUT2D eigenvalue weighted by Gasteiger charge is 2.13. The van der Waals surface area contributed by atoms with Gasteiger partial charge in [0.25, 0.3) is 5.56 Å². The van der Waals surface area contributed by atoms with E-state index in [-0.39, 0.29) is 28.6 Å². The van der Waals surface area contributed by atoms with E-state index >= 15 is 0 Å². The minimum Gasteiger partial charge on any atom is -0.323 e. The average molecular weight is 404 g/mol. The number of carbonyl (C=O) groups is 1. The average Bonchev–Trinajstić information content (AvgIpc) is 2.65. The molecule has 0 saturated carbocycles. The Hall–Kier alpha value is -2.64. The van der Waals surface area contributed by atoms with E-state index in [0.29, 0.717) is 16.1 Å². The Morgan fingerprint density at radius 2 is 2.11 bits per heavy atom. The number of thioether (sulfide) groups is 1. The van der Waals surface area contributed by atoms with Gasteiger partial charge in [-0.2, -0.15) is 0 Å². The molecule has 0 aliphatic heterocycles. The van der Waals surface area contributed by atoms with Crippen LogP contribution in [0.4, 0.5) is 10.1 Å². The molecule has 0 radical (unpaired) electrons. The van der Waals surface area contributed by atoms with Crippen LogP contribution in [0.25, 0.3) is 10.9 Å². The quantitative estimate of drug-likeness (QED) is 0.382. The van der Waals surface area contributed by atoms with E-state index in [1.54, 1.807) is 30.3 Å². The minimum atomic E-state index is -0.617. The maximum absolute atomic E-state index is 13.8. The molecule has 0 atom stereocenters. The van der Waals surface area contributed by atoms with Gasteiger partial charge in [-0.05, 0) is 30.3 Å².